The van der Waals surface area contributed by atoms with Gasteiger partial charge < -0.3 is 4.74 Å². The Kier molecular flexibility index (Phi) is 4.87. The first-order chi connectivity index (χ1) is 10.1. The van der Waals surface area contributed by atoms with Gasteiger partial charge in [0.05, 0.1) is 6.54 Å². The van der Waals surface area contributed by atoms with Gasteiger partial charge in [0.1, 0.15) is 6.10 Å². The van der Waals surface area contributed by atoms with Gasteiger partial charge >= 0.3 is 5.97 Å². The summed E-state index contributed by atoms with van der Waals surface area (Å²) in [6.45, 7) is 1.38. The number of esters is 1. The molecule has 0 saturated carbocycles. The molecule has 5 nitrogen and oxygen atoms in total. The molecule has 0 radical (unpaired) electrons. The van der Waals surface area contributed by atoms with E-state index in [9.17, 15) is 14.4 Å². The Hall–Kier alpha value is -2.43. The van der Waals surface area contributed by atoms with Crippen LogP contribution in [0.2, 0.25) is 0 Å². The molecule has 0 unspecified atom stereocenters. The summed E-state index contributed by atoms with van der Waals surface area (Å²) in [7, 11) is 0. The van der Waals surface area contributed by atoms with E-state index < -0.39 is 12.1 Å². The maximum atomic E-state index is 12.1. The van der Waals surface area contributed by atoms with Crippen LogP contribution in [-0.4, -0.2) is 35.3 Å². The molecule has 21 heavy (non-hydrogen) atoms. The van der Waals surface area contributed by atoms with Crippen LogP contribution in [0, 0.1) is 0 Å². The highest BCUT2D eigenvalue weighted by molar-refractivity contribution is 6.01. The minimum atomic E-state index is -0.555. The standard InChI is InChI=1S/C16H17NO4/c1-12(18)21-14-8-10-16(20)17(11-14)15(19)9-7-13-5-3-2-4-6-13/h2-6,8,10,14H,7,9,11H2,1H3/t14-/m1/s1. The number of amides is 2. The van der Waals surface area contributed by atoms with Crippen molar-refractivity contribution in [2.45, 2.75) is 25.9 Å². The van der Waals surface area contributed by atoms with Gasteiger partial charge in [-0.15, -0.1) is 0 Å². The van der Waals surface area contributed by atoms with Crippen LogP contribution < -0.4 is 0 Å². The predicted octanol–water partition coefficient (Wildman–Crippen LogP) is 1.48. The van der Waals surface area contributed by atoms with E-state index in [1.807, 2.05) is 30.3 Å². The van der Waals surface area contributed by atoms with Crippen molar-refractivity contribution in [2.75, 3.05) is 6.54 Å². The van der Waals surface area contributed by atoms with Crippen LogP contribution in [0.5, 0.6) is 0 Å². The Balaban J connectivity index is 1.93. The van der Waals surface area contributed by atoms with E-state index in [1.54, 1.807) is 0 Å². The average Bonchev–Trinajstić information content (AvgIpc) is 2.47. The monoisotopic (exact) mass is 287 g/mol. The number of imide groups is 1. The quantitative estimate of drug-likeness (QED) is 0.787. The molecule has 1 atom stereocenters. The first kappa shape index (κ1) is 15.0. The van der Waals surface area contributed by atoms with E-state index in [2.05, 4.69) is 0 Å². The molecule has 0 fully saturated rings. The van der Waals surface area contributed by atoms with Gasteiger partial charge in [0, 0.05) is 19.4 Å². The lowest BCUT2D eigenvalue weighted by Gasteiger charge is -2.26. The van der Waals surface area contributed by atoms with Gasteiger partial charge in [-0.25, -0.2) is 0 Å². The van der Waals surface area contributed by atoms with Gasteiger partial charge in [-0.3, -0.25) is 19.3 Å². The van der Waals surface area contributed by atoms with Gasteiger partial charge in [-0.05, 0) is 18.1 Å². The number of hydrogen-bond donors (Lipinski definition) is 0. The molecule has 1 heterocycles. The number of benzene rings is 1. The molecule has 110 valence electrons. The highest BCUT2D eigenvalue weighted by atomic mass is 16.5. The molecule has 0 aliphatic carbocycles. The van der Waals surface area contributed by atoms with Gasteiger partial charge in [0.15, 0.2) is 0 Å². The normalized spacial score (nSPS) is 17.7. The van der Waals surface area contributed by atoms with Crippen LogP contribution in [-0.2, 0) is 25.5 Å². The zero-order valence-electron chi connectivity index (χ0n) is 11.8. The molecule has 1 aromatic rings. The lowest BCUT2D eigenvalue weighted by molar-refractivity contribution is -0.152. The summed E-state index contributed by atoms with van der Waals surface area (Å²) in [5.74, 6) is -1.06. The molecular weight excluding hydrogens is 270 g/mol. The fraction of sp³-hybridized carbons (Fsp3) is 0.312. The van der Waals surface area contributed by atoms with E-state index in [0.717, 1.165) is 10.5 Å². The van der Waals surface area contributed by atoms with E-state index in [-0.39, 0.29) is 24.8 Å². The zero-order chi connectivity index (χ0) is 15.2. The van der Waals surface area contributed by atoms with Crippen molar-refractivity contribution < 1.29 is 19.1 Å². The first-order valence-electron chi connectivity index (χ1n) is 6.80. The summed E-state index contributed by atoms with van der Waals surface area (Å²) < 4.78 is 5.01. The zero-order valence-corrected chi connectivity index (χ0v) is 11.8. The molecule has 1 aliphatic rings. The number of aryl methyl sites for hydroxylation is 1. The van der Waals surface area contributed by atoms with Crippen LogP contribution in [0.15, 0.2) is 42.5 Å². The molecule has 1 aliphatic heterocycles. The van der Waals surface area contributed by atoms with Crippen molar-refractivity contribution in [1.29, 1.82) is 0 Å². The molecule has 0 aromatic heterocycles. The van der Waals surface area contributed by atoms with Crippen LogP contribution >= 0.6 is 0 Å². The summed E-state index contributed by atoms with van der Waals surface area (Å²) >= 11 is 0. The van der Waals surface area contributed by atoms with E-state index in [0.29, 0.717) is 6.42 Å². The summed E-state index contributed by atoms with van der Waals surface area (Å²) in [5, 5.41) is 0. The number of nitrogens with zero attached hydrogens (tertiary/aromatic N) is 1. The minimum absolute atomic E-state index is 0.0858. The van der Waals surface area contributed by atoms with E-state index in [4.69, 9.17) is 4.74 Å². The van der Waals surface area contributed by atoms with E-state index >= 15 is 0 Å². The average molecular weight is 287 g/mol. The highest BCUT2D eigenvalue weighted by Gasteiger charge is 2.27. The SMILES string of the molecule is CC(=O)O[C@@H]1C=CC(=O)N(C(=O)CCc2ccccc2)C1. The summed E-state index contributed by atoms with van der Waals surface area (Å²) in [6, 6.07) is 9.60. The smallest absolute Gasteiger partial charge is 0.303 e. The third-order valence-electron chi connectivity index (χ3n) is 3.17. The number of ether oxygens (including phenoxy) is 1. The largest absolute Gasteiger partial charge is 0.456 e. The van der Waals surface area contributed by atoms with Gasteiger partial charge in [0.25, 0.3) is 5.91 Å². The second-order valence-electron chi connectivity index (χ2n) is 4.84. The molecule has 5 heteroatoms. The summed E-state index contributed by atoms with van der Waals surface area (Å²) in [5.41, 5.74) is 1.04. The fourth-order valence-electron chi connectivity index (χ4n) is 2.16. The van der Waals surface area contributed by atoms with E-state index in [1.165, 1.54) is 19.1 Å². The van der Waals surface area contributed by atoms with Crippen molar-refractivity contribution in [1.82, 2.24) is 4.90 Å². The second-order valence-corrected chi connectivity index (χ2v) is 4.84. The lowest BCUT2D eigenvalue weighted by atomic mass is 10.1. The van der Waals surface area contributed by atoms with Crippen molar-refractivity contribution in [2.24, 2.45) is 0 Å². The molecule has 0 saturated heterocycles. The Bertz CT molecular complexity index is 565. The molecule has 0 spiro atoms. The highest BCUT2D eigenvalue weighted by Crippen LogP contribution is 2.11. The van der Waals surface area contributed by atoms with Gasteiger partial charge in [0.2, 0.25) is 5.91 Å². The number of rotatable bonds is 4. The van der Waals surface area contributed by atoms with Gasteiger partial charge in [-0.2, -0.15) is 0 Å². The Morgan fingerprint density at radius 3 is 2.67 bits per heavy atom. The first-order valence-corrected chi connectivity index (χ1v) is 6.80. The Morgan fingerprint density at radius 2 is 2.00 bits per heavy atom. The van der Waals surface area contributed by atoms with Crippen molar-refractivity contribution >= 4 is 17.8 Å². The molecule has 1 aromatic carbocycles. The third-order valence-corrected chi connectivity index (χ3v) is 3.17. The van der Waals surface area contributed by atoms with Crippen LogP contribution in [0.25, 0.3) is 0 Å². The second kappa shape index (κ2) is 6.83. The molecule has 2 rings (SSSR count). The molecule has 0 bridgehead atoms. The van der Waals surface area contributed by atoms with Crippen molar-refractivity contribution in [3.8, 4) is 0 Å². The van der Waals surface area contributed by atoms with Crippen molar-refractivity contribution in [3.05, 3.63) is 48.0 Å². The summed E-state index contributed by atoms with van der Waals surface area (Å²) in [6.07, 6.45) is 3.05. The molecule has 0 N–H and O–H groups in total. The number of hydrogen-bond acceptors (Lipinski definition) is 4. The third kappa shape index (κ3) is 4.27. The molecular formula is C16H17NO4. The molecule has 2 amide bonds. The summed E-state index contributed by atoms with van der Waals surface area (Å²) in [4.78, 5) is 36.0. The number of carbonyl (C=O) groups excluding carboxylic acids is 3. The maximum absolute atomic E-state index is 12.1. The van der Waals surface area contributed by atoms with Crippen LogP contribution in [0.4, 0.5) is 0 Å². The minimum Gasteiger partial charge on any atom is -0.456 e. The lowest BCUT2D eigenvalue weighted by Crippen LogP contribution is -2.44. The van der Waals surface area contributed by atoms with Crippen LogP contribution in [0.3, 0.4) is 0 Å². The van der Waals surface area contributed by atoms with Crippen LogP contribution in [0.1, 0.15) is 18.9 Å². The predicted molar refractivity (Wildman–Crippen MR) is 76.2 cm³/mol. The van der Waals surface area contributed by atoms with Gasteiger partial charge in [-0.1, -0.05) is 30.3 Å². The fourth-order valence-corrected chi connectivity index (χ4v) is 2.16. The van der Waals surface area contributed by atoms with Crippen molar-refractivity contribution in [3.63, 3.8) is 0 Å². The Morgan fingerprint density at radius 1 is 1.29 bits per heavy atom. The maximum Gasteiger partial charge on any atom is 0.303 e. The topological polar surface area (TPSA) is 63.7 Å². The number of carbonyl (C=O) groups is 3. The Labute approximate surface area is 123 Å².